The topological polar surface area (TPSA) is 29.5 Å². The molecule has 2 heterocycles. The van der Waals surface area contributed by atoms with Crippen LogP contribution in [0.4, 0.5) is 0 Å². The van der Waals surface area contributed by atoms with Crippen LogP contribution < -0.4 is 0 Å². The highest BCUT2D eigenvalue weighted by atomic mass is 16.5. The van der Waals surface area contributed by atoms with Gasteiger partial charge in [-0.2, -0.15) is 0 Å². The summed E-state index contributed by atoms with van der Waals surface area (Å²) < 4.78 is 5.52. The van der Waals surface area contributed by atoms with Gasteiger partial charge in [-0.25, -0.2) is 0 Å². The van der Waals surface area contributed by atoms with Gasteiger partial charge in [0.2, 0.25) is 0 Å². The van der Waals surface area contributed by atoms with Gasteiger partial charge < -0.3 is 9.84 Å². The molecular formula is C8H12O2. The van der Waals surface area contributed by atoms with E-state index in [-0.39, 0.29) is 18.8 Å². The van der Waals surface area contributed by atoms with Crippen molar-refractivity contribution in [1.82, 2.24) is 0 Å². The van der Waals surface area contributed by atoms with Crippen molar-refractivity contribution < 1.29 is 9.84 Å². The molecule has 4 atom stereocenters. The van der Waals surface area contributed by atoms with Gasteiger partial charge in [-0.05, 0) is 5.92 Å². The lowest BCUT2D eigenvalue weighted by Gasteiger charge is -2.18. The molecule has 0 aromatic carbocycles. The predicted molar refractivity (Wildman–Crippen MR) is 37.5 cm³/mol. The highest BCUT2D eigenvalue weighted by molar-refractivity contribution is 5.13. The molecule has 1 fully saturated rings. The summed E-state index contributed by atoms with van der Waals surface area (Å²) >= 11 is 0. The van der Waals surface area contributed by atoms with Gasteiger partial charge in [0.25, 0.3) is 0 Å². The molecule has 4 unspecified atom stereocenters. The zero-order chi connectivity index (χ0) is 7.14. The molecule has 2 aliphatic heterocycles. The summed E-state index contributed by atoms with van der Waals surface area (Å²) in [6.07, 6.45) is 4.64. The van der Waals surface area contributed by atoms with Crippen LogP contribution in [0.15, 0.2) is 12.2 Å². The van der Waals surface area contributed by atoms with E-state index in [0.29, 0.717) is 11.8 Å². The molecule has 0 aliphatic carbocycles. The smallest absolute Gasteiger partial charge is 0.0818 e. The lowest BCUT2D eigenvalue weighted by atomic mass is 9.85. The number of fused-ring (bicyclic) bond motifs is 2. The minimum absolute atomic E-state index is 0.199. The van der Waals surface area contributed by atoms with Crippen LogP contribution in [0.5, 0.6) is 0 Å². The third-order valence-corrected chi connectivity index (χ3v) is 2.63. The number of rotatable bonds is 1. The second kappa shape index (κ2) is 2.07. The summed E-state index contributed by atoms with van der Waals surface area (Å²) in [5.41, 5.74) is 0. The van der Waals surface area contributed by atoms with Crippen LogP contribution >= 0.6 is 0 Å². The van der Waals surface area contributed by atoms with Crippen molar-refractivity contribution in [1.29, 1.82) is 0 Å². The molecule has 10 heavy (non-hydrogen) atoms. The van der Waals surface area contributed by atoms with Crippen LogP contribution in [0, 0.1) is 11.8 Å². The molecule has 0 radical (unpaired) electrons. The molecular weight excluding hydrogens is 128 g/mol. The van der Waals surface area contributed by atoms with E-state index in [1.807, 2.05) is 0 Å². The Morgan fingerprint density at radius 2 is 2.10 bits per heavy atom. The number of hydrogen-bond donors (Lipinski definition) is 1. The maximum atomic E-state index is 8.94. The van der Waals surface area contributed by atoms with Crippen LogP contribution in [0.1, 0.15) is 6.92 Å². The Morgan fingerprint density at radius 1 is 1.40 bits per heavy atom. The van der Waals surface area contributed by atoms with Gasteiger partial charge in [0.05, 0.1) is 12.2 Å². The van der Waals surface area contributed by atoms with Gasteiger partial charge in [0, 0.05) is 12.5 Å². The number of hydrogen-bond acceptors (Lipinski definition) is 2. The molecule has 0 saturated carbocycles. The van der Waals surface area contributed by atoms with Crippen molar-refractivity contribution in [3.8, 4) is 0 Å². The van der Waals surface area contributed by atoms with E-state index in [1.54, 1.807) is 0 Å². The van der Waals surface area contributed by atoms with Crippen molar-refractivity contribution in [3.63, 3.8) is 0 Å². The van der Waals surface area contributed by atoms with Crippen molar-refractivity contribution >= 4 is 0 Å². The maximum absolute atomic E-state index is 8.94. The van der Waals surface area contributed by atoms with Crippen molar-refractivity contribution in [2.45, 2.75) is 19.1 Å². The average molecular weight is 140 g/mol. The summed E-state index contributed by atoms with van der Waals surface area (Å²) in [5.74, 6) is 0.843. The van der Waals surface area contributed by atoms with Crippen LogP contribution in [-0.4, -0.2) is 23.9 Å². The molecule has 0 spiro atoms. The molecule has 2 bridgehead atoms. The summed E-state index contributed by atoms with van der Waals surface area (Å²) in [6.45, 7) is 2.39. The molecule has 56 valence electrons. The highest BCUT2D eigenvalue weighted by Crippen LogP contribution is 2.37. The van der Waals surface area contributed by atoms with E-state index in [1.165, 1.54) is 0 Å². The lowest BCUT2D eigenvalue weighted by Crippen LogP contribution is -2.24. The Labute approximate surface area is 60.5 Å². The van der Waals surface area contributed by atoms with Crippen molar-refractivity contribution in [3.05, 3.63) is 12.2 Å². The molecule has 0 aromatic heterocycles. The van der Waals surface area contributed by atoms with Gasteiger partial charge >= 0.3 is 0 Å². The molecule has 0 amide bonds. The van der Waals surface area contributed by atoms with Gasteiger partial charge in [0.15, 0.2) is 0 Å². The minimum Gasteiger partial charge on any atom is -0.396 e. The Kier molecular flexibility index (Phi) is 1.32. The summed E-state index contributed by atoms with van der Waals surface area (Å²) in [7, 11) is 0. The first-order valence-corrected chi connectivity index (χ1v) is 3.77. The van der Waals surface area contributed by atoms with Crippen LogP contribution in [0.2, 0.25) is 0 Å². The van der Waals surface area contributed by atoms with Gasteiger partial charge in [0.1, 0.15) is 0 Å². The van der Waals surface area contributed by atoms with Gasteiger partial charge in [-0.1, -0.05) is 19.1 Å². The Bertz CT molecular complexity index is 165. The SMILES string of the molecule is CC1C2C=CC(O2)C1CO. The molecule has 2 aliphatic rings. The third kappa shape index (κ3) is 0.662. The van der Waals surface area contributed by atoms with E-state index in [4.69, 9.17) is 9.84 Å². The second-order valence-corrected chi connectivity index (χ2v) is 3.16. The van der Waals surface area contributed by atoms with Crippen LogP contribution in [0.25, 0.3) is 0 Å². The van der Waals surface area contributed by atoms with E-state index >= 15 is 0 Å². The lowest BCUT2D eigenvalue weighted by molar-refractivity contribution is 0.0941. The molecule has 2 nitrogen and oxygen atoms in total. The van der Waals surface area contributed by atoms with E-state index < -0.39 is 0 Å². The standard InChI is InChI=1S/C8H12O2/c1-5-6(4-9)8-3-2-7(5)10-8/h2-3,5-9H,4H2,1H3. The van der Waals surface area contributed by atoms with E-state index in [2.05, 4.69) is 19.1 Å². The molecule has 1 N–H and O–H groups in total. The quantitative estimate of drug-likeness (QED) is 0.539. The molecule has 0 aromatic rings. The van der Waals surface area contributed by atoms with Crippen LogP contribution in [-0.2, 0) is 4.74 Å². The first kappa shape index (κ1) is 6.38. The monoisotopic (exact) mass is 140 g/mol. The number of aliphatic hydroxyl groups is 1. The summed E-state index contributed by atoms with van der Waals surface area (Å²) in [4.78, 5) is 0. The zero-order valence-electron chi connectivity index (χ0n) is 6.03. The fraction of sp³-hybridized carbons (Fsp3) is 0.750. The summed E-state index contributed by atoms with van der Waals surface area (Å²) in [6, 6.07) is 0. The second-order valence-electron chi connectivity index (χ2n) is 3.16. The van der Waals surface area contributed by atoms with E-state index in [0.717, 1.165) is 0 Å². The van der Waals surface area contributed by atoms with Crippen molar-refractivity contribution in [2.75, 3.05) is 6.61 Å². The molecule has 1 saturated heterocycles. The van der Waals surface area contributed by atoms with Gasteiger partial charge in [-0.3, -0.25) is 0 Å². The zero-order valence-corrected chi connectivity index (χ0v) is 6.03. The Morgan fingerprint density at radius 3 is 2.50 bits per heavy atom. The first-order valence-electron chi connectivity index (χ1n) is 3.77. The largest absolute Gasteiger partial charge is 0.396 e. The average Bonchev–Trinajstić information content (AvgIpc) is 2.46. The fourth-order valence-electron chi connectivity index (χ4n) is 1.85. The first-order chi connectivity index (χ1) is 4.83. The third-order valence-electron chi connectivity index (χ3n) is 2.63. The Hall–Kier alpha value is -0.340. The number of aliphatic hydroxyl groups excluding tert-OH is 1. The summed E-state index contributed by atoms with van der Waals surface area (Å²) in [5, 5.41) is 8.94. The predicted octanol–water partition coefficient (Wildman–Crippen LogP) is 0.568. The normalized spacial score (nSPS) is 50.6. The molecule has 2 rings (SSSR count). The fourth-order valence-corrected chi connectivity index (χ4v) is 1.85. The number of ether oxygens (including phenoxy) is 1. The maximum Gasteiger partial charge on any atom is 0.0818 e. The minimum atomic E-state index is 0.199. The van der Waals surface area contributed by atoms with Crippen molar-refractivity contribution in [2.24, 2.45) is 11.8 Å². The highest BCUT2D eigenvalue weighted by Gasteiger charge is 2.42. The Balaban J connectivity index is 2.18. The van der Waals surface area contributed by atoms with E-state index in [9.17, 15) is 0 Å². The van der Waals surface area contributed by atoms with Gasteiger partial charge in [-0.15, -0.1) is 0 Å². The molecule has 2 heteroatoms. The van der Waals surface area contributed by atoms with Crippen LogP contribution in [0.3, 0.4) is 0 Å².